The van der Waals surface area contributed by atoms with Gasteiger partial charge in [0.2, 0.25) is 0 Å². The zero-order chi connectivity index (χ0) is 27.0. The monoisotopic (exact) mass is 552 g/mol. The number of fused-ring (bicyclic) bond motifs is 11. The fraction of sp³-hybridized carbons (Fsp3) is 0.167. The Morgan fingerprint density at radius 1 is 0.600 bits per heavy atom. The Morgan fingerprint density at radius 2 is 1.25 bits per heavy atom. The number of nitrogens with zero attached hydrogens (tertiary/aromatic N) is 2. The summed E-state index contributed by atoms with van der Waals surface area (Å²) < 4.78 is 2.61. The molecule has 2 heterocycles. The largest absolute Gasteiger partial charge is 0.241 e. The molecule has 4 heteroatoms. The van der Waals surface area contributed by atoms with Crippen LogP contribution in [0.3, 0.4) is 0 Å². The molecule has 8 aromatic rings. The predicted octanol–water partition coefficient (Wildman–Crippen LogP) is 11.0. The summed E-state index contributed by atoms with van der Waals surface area (Å²) in [5.41, 5.74) is 3.63. The van der Waals surface area contributed by atoms with Crippen molar-refractivity contribution in [1.29, 1.82) is 0 Å². The predicted molar refractivity (Wildman–Crippen MR) is 175 cm³/mol. The zero-order valence-electron chi connectivity index (χ0n) is 22.7. The van der Waals surface area contributed by atoms with Gasteiger partial charge in [0.15, 0.2) is 0 Å². The summed E-state index contributed by atoms with van der Waals surface area (Å²) in [7, 11) is 0. The molecule has 0 aliphatic heterocycles. The number of hydrogen-bond donors (Lipinski definition) is 0. The maximum Gasteiger partial charge on any atom is 0.0970 e. The van der Waals surface area contributed by atoms with Crippen LogP contribution in [0.25, 0.3) is 63.5 Å². The van der Waals surface area contributed by atoms with E-state index >= 15 is 0 Å². The van der Waals surface area contributed by atoms with E-state index in [0.29, 0.717) is 11.8 Å². The van der Waals surface area contributed by atoms with Crippen LogP contribution in [-0.4, -0.2) is 9.97 Å². The first-order chi connectivity index (χ1) is 19.6. The van der Waals surface area contributed by atoms with Crippen LogP contribution in [0.1, 0.15) is 48.2 Å². The quantitative estimate of drug-likeness (QED) is 0.203. The molecule has 0 spiro atoms. The van der Waals surface area contributed by atoms with Gasteiger partial charge >= 0.3 is 0 Å². The van der Waals surface area contributed by atoms with Gasteiger partial charge in [-0.3, -0.25) is 0 Å². The SMILES string of the molecule is CC(C)c1nc2ccc3c(CC(C)c4nc5c6ccccc6c6ccccc6c5s4)cc4ccccc4c3c2s1. The summed E-state index contributed by atoms with van der Waals surface area (Å²) in [6.07, 6.45) is 0.943. The van der Waals surface area contributed by atoms with E-state index in [1.165, 1.54) is 68.1 Å². The minimum absolute atomic E-state index is 0.294. The number of rotatable bonds is 4. The highest BCUT2D eigenvalue weighted by Crippen LogP contribution is 2.42. The van der Waals surface area contributed by atoms with Gasteiger partial charge in [-0.1, -0.05) is 106 Å². The van der Waals surface area contributed by atoms with Gasteiger partial charge in [-0.05, 0) is 45.0 Å². The Labute approximate surface area is 240 Å². The van der Waals surface area contributed by atoms with Crippen molar-refractivity contribution >= 4 is 86.2 Å². The molecule has 6 aromatic carbocycles. The first kappa shape index (κ1) is 24.0. The van der Waals surface area contributed by atoms with E-state index in [-0.39, 0.29) is 0 Å². The second-order valence-corrected chi connectivity index (χ2v) is 13.3. The second-order valence-electron chi connectivity index (χ2n) is 11.2. The zero-order valence-corrected chi connectivity index (χ0v) is 24.4. The van der Waals surface area contributed by atoms with Gasteiger partial charge in [0, 0.05) is 28.0 Å². The molecule has 2 nitrogen and oxygen atoms in total. The van der Waals surface area contributed by atoms with E-state index < -0.39 is 0 Å². The van der Waals surface area contributed by atoms with Gasteiger partial charge in [0.05, 0.1) is 30.4 Å². The summed E-state index contributed by atoms with van der Waals surface area (Å²) >= 11 is 3.73. The normalized spacial score (nSPS) is 13.1. The first-order valence-electron chi connectivity index (χ1n) is 14.0. The molecule has 0 aliphatic rings. The van der Waals surface area contributed by atoms with Gasteiger partial charge in [-0.25, -0.2) is 9.97 Å². The van der Waals surface area contributed by atoms with Crippen LogP contribution in [0.15, 0.2) is 91.0 Å². The highest BCUT2D eigenvalue weighted by molar-refractivity contribution is 7.20. The number of hydrogen-bond acceptors (Lipinski definition) is 4. The maximum atomic E-state index is 5.31. The van der Waals surface area contributed by atoms with Crippen molar-refractivity contribution in [1.82, 2.24) is 9.97 Å². The Morgan fingerprint density at radius 3 is 2.02 bits per heavy atom. The minimum Gasteiger partial charge on any atom is -0.241 e. The average molecular weight is 553 g/mol. The number of thiazole rings is 2. The highest BCUT2D eigenvalue weighted by Gasteiger charge is 2.20. The molecule has 40 heavy (non-hydrogen) atoms. The van der Waals surface area contributed by atoms with Crippen molar-refractivity contribution in [3.8, 4) is 0 Å². The van der Waals surface area contributed by atoms with Crippen LogP contribution in [0.5, 0.6) is 0 Å². The molecule has 0 radical (unpaired) electrons. The molecule has 0 N–H and O–H groups in total. The molecule has 194 valence electrons. The maximum absolute atomic E-state index is 5.31. The van der Waals surface area contributed by atoms with E-state index in [4.69, 9.17) is 9.97 Å². The lowest BCUT2D eigenvalue weighted by Gasteiger charge is -2.14. The molecule has 0 saturated carbocycles. The van der Waals surface area contributed by atoms with Crippen molar-refractivity contribution < 1.29 is 0 Å². The summed E-state index contributed by atoms with van der Waals surface area (Å²) in [4.78, 5) is 10.3. The van der Waals surface area contributed by atoms with Crippen LogP contribution in [0.2, 0.25) is 0 Å². The fourth-order valence-electron chi connectivity index (χ4n) is 6.25. The van der Waals surface area contributed by atoms with E-state index in [1.807, 2.05) is 22.7 Å². The van der Waals surface area contributed by atoms with E-state index in [1.54, 1.807) is 0 Å². The topological polar surface area (TPSA) is 25.8 Å². The average Bonchev–Trinajstić information content (AvgIpc) is 3.63. The summed E-state index contributed by atoms with van der Waals surface area (Å²) in [5, 5.41) is 12.9. The van der Waals surface area contributed by atoms with Crippen LogP contribution in [0, 0.1) is 0 Å². The Bertz CT molecular complexity index is 2180. The standard InChI is InChI=1S/C36H28N2S2/c1-20(2)35-37-30-17-16-25-23(19-22-10-4-5-11-24(22)31(25)34(30)40-35)18-21(3)36-38-32-28-14-8-6-12-26(28)27-13-7-9-15-29(27)33(32)39-36/h4-17,19-21H,18H2,1-3H3. The molecule has 1 atom stereocenters. The Balaban J connectivity index is 1.31. The van der Waals surface area contributed by atoms with Crippen LogP contribution in [-0.2, 0) is 6.42 Å². The summed E-state index contributed by atoms with van der Waals surface area (Å²) in [5.74, 6) is 0.718. The van der Waals surface area contributed by atoms with Crippen LogP contribution < -0.4 is 0 Å². The van der Waals surface area contributed by atoms with Gasteiger partial charge in [0.1, 0.15) is 0 Å². The third-order valence-corrected chi connectivity index (χ3v) is 10.9. The molecule has 0 bridgehead atoms. The molecular formula is C36H28N2S2. The lowest BCUT2D eigenvalue weighted by atomic mass is 9.92. The Kier molecular flexibility index (Phi) is 5.45. The van der Waals surface area contributed by atoms with Gasteiger partial charge < -0.3 is 0 Å². The van der Waals surface area contributed by atoms with Gasteiger partial charge in [0.25, 0.3) is 0 Å². The van der Waals surface area contributed by atoms with Crippen molar-refractivity contribution in [2.24, 2.45) is 0 Å². The van der Waals surface area contributed by atoms with Crippen molar-refractivity contribution in [3.05, 3.63) is 107 Å². The first-order valence-corrected chi connectivity index (χ1v) is 15.6. The second kappa shape index (κ2) is 9.09. The molecule has 1 unspecified atom stereocenters. The van der Waals surface area contributed by atoms with Crippen molar-refractivity contribution in [2.45, 2.75) is 39.0 Å². The van der Waals surface area contributed by atoms with Crippen molar-refractivity contribution in [3.63, 3.8) is 0 Å². The lowest BCUT2D eigenvalue weighted by Crippen LogP contribution is -1.99. The van der Waals surface area contributed by atoms with E-state index in [0.717, 1.165) is 17.5 Å². The van der Waals surface area contributed by atoms with E-state index in [2.05, 4.69) is 112 Å². The van der Waals surface area contributed by atoms with Gasteiger partial charge in [-0.15, -0.1) is 22.7 Å². The lowest BCUT2D eigenvalue weighted by molar-refractivity contribution is 0.758. The minimum atomic E-state index is 0.294. The highest BCUT2D eigenvalue weighted by atomic mass is 32.1. The molecular weight excluding hydrogens is 525 g/mol. The summed E-state index contributed by atoms with van der Waals surface area (Å²) in [6, 6.07) is 33.2. The molecule has 0 saturated heterocycles. The van der Waals surface area contributed by atoms with Crippen molar-refractivity contribution in [2.75, 3.05) is 0 Å². The number of aromatic nitrogens is 2. The smallest absolute Gasteiger partial charge is 0.0970 e. The molecule has 0 amide bonds. The van der Waals surface area contributed by atoms with Crippen LogP contribution >= 0.6 is 22.7 Å². The fourth-order valence-corrected chi connectivity index (χ4v) is 8.55. The molecule has 2 aromatic heterocycles. The Hall–Kier alpha value is -3.86. The molecule has 0 aliphatic carbocycles. The third kappa shape index (κ3) is 3.59. The van der Waals surface area contributed by atoms with Gasteiger partial charge in [-0.2, -0.15) is 0 Å². The molecule has 0 fully saturated rings. The summed E-state index contributed by atoms with van der Waals surface area (Å²) in [6.45, 7) is 6.80. The van der Waals surface area contributed by atoms with Crippen LogP contribution in [0.4, 0.5) is 0 Å². The third-order valence-electron chi connectivity index (χ3n) is 8.21. The van der Waals surface area contributed by atoms with E-state index in [9.17, 15) is 0 Å². The molecule has 8 rings (SSSR count). The number of benzene rings is 6.